The quantitative estimate of drug-likeness (QED) is 0.522. The van der Waals surface area contributed by atoms with Crippen molar-refractivity contribution in [2.45, 2.75) is 44.6 Å². The van der Waals surface area contributed by atoms with Gasteiger partial charge in [-0.2, -0.15) is 0 Å². The average molecular weight is 494 g/mol. The van der Waals surface area contributed by atoms with Crippen LogP contribution in [0.25, 0.3) is 0 Å². The maximum Gasteiger partial charge on any atom is 0.573 e. The minimum atomic E-state index is -4.82. The van der Waals surface area contributed by atoms with Crippen LogP contribution in [0.15, 0.2) is 48.5 Å². The molecule has 0 aromatic heterocycles. The molecule has 0 unspecified atom stereocenters. The normalized spacial score (nSPS) is 17.8. The number of esters is 1. The number of hydrogen-bond donors (Lipinski definition) is 2. The molecule has 188 valence electrons. The predicted molar refractivity (Wildman–Crippen MR) is 119 cm³/mol. The third-order valence-electron chi connectivity index (χ3n) is 5.81. The van der Waals surface area contributed by atoms with E-state index in [-0.39, 0.29) is 18.3 Å². The maximum atomic E-state index is 13.2. The van der Waals surface area contributed by atoms with Crippen molar-refractivity contribution in [3.8, 4) is 5.75 Å². The Hall–Kier alpha value is -3.76. The molecule has 1 saturated carbocycles. The number of nitrogens with one attached hydrogen (secondary N) is 1. The Kier molecular flexibility index (Phi) is 8.21. The van der Waals surface area contributed by atoms with Gasteiger partial charge in [0.2, 0.25) is 0 Å². The van der Waals surface area contributed by atoms with Crippen LogP contribution in [0.5, 0.6) is 5.75 Å². The topological polar surface area (TPSA) is 105 Å². The van der Waals surface area contributed by atoms with Gasteiger partial charge >= 0.3 is 24.3 Å². The summed E-state index contributed by atoms with van der Waals surface area (Å²) in [6, 6.07) is 10.6. The van der Waals surface area contributed by atoms with E-state index >= 15 is 0 Å². The Morgan fingerprint density at radius 1 is 1.00 bits per heavy atom. The molecule has 2 N–H and O–H groups in total. The van der Waals surface area contributed by atoms with E-state index in [0.717, 1.165) is 17.7 Å². The second-order valence-electron chi connectivity index (χ2n) is 8.16. The van der Waals surface area contributed by atoms with Gasteiger partial charge in [-0.25, -0.2) is 9.59 Å². The molecule has 0 atom stereocenters. The smallest absolute Gasteiger partial charge is 0.481 e. The molecule has 2 amide bonds. The molecule has 0 saturated heterocycles. The molecule has 0 heterocycles. The van der Waals surface area contributed by atoms with E-state index in [1.54, 1.807) is 29.2 Å². The van der Waals surface area contributed by atoms with E-state index in [9.17, 15) is 32.7 Å². The summed E-state index contributed by atoms with van der Waals surface area (Å²) in [7, 11) is 1.28. The molecular weight excluding hydrogens is 469 g/mol. The van der Waals surface area contributed by atoms with Crippen molar-refractivity contribution >= 4 is 23.7 Å². The molecule has 0 aliphatic heterocycles. The molecule has 8 nitrogen and oxygen atoms in total. The first-order chi connectivity index (χ1) is 16.6. The molecular formula is C24H25F3N2O6. The number of anilines is 1. The van der Waals surface area contributed by atoms with E-state index in [2.05, 4.69) is 14.8 Å². The summed E-state index contributed by atoms with van der Waals surface area (Å²) in [6.07, 6.45) is -2.99. The number of carboxylic acid groups (broad SMARTS) is 1. The van der Waals surface area contributed by atoms with Gasteiger partial charge < -0.3 is 24.8 Å². The zero-order valence-corrected chi connectivity index (χ0v) is 18.9. The van der Waals surface area contributed by atoms with Crippen molar-refractivity contribution < 1.29 is 42.1 Å². The maximum absolute atomic E-state index is 13.2. The first-order valence-electron chi connectivity index (χ1n) is 10.9. The second kappa shape index (κ2) is 11.1. The van der Waals surface area contributed by atoms with E-state index < -0.39 is 36.0 Å². The van der Waals surface area contributed by atoms with Crippen molar-refractivity contribution in [2.24, 2.45) is 5.92 Å². The summed E-state index contributed by atoms with van der Waals surface area (Å²) in [4.78, 5) is 37.7. The van der Waals surface area contributed by atoms with Gasteiger partial charge in [-0.3, -0.25) is 4.79 Å². The van der Waals surface area contributed by atoms with Crippen LogP contribution in [0.2, 0.25) is 0 Å². The lowest BCUT2D eigenvalue weighted by Crippen LogP contribution is -2.44. The molecule has 1 fully saturated rings. The van der Waals surface area contributed by atoms with E-state index in [4.69, 9.17) is 0 Å². The highest BCUT2D eigenvalue weighted by atomic mass is 19.4. The number of hydrogen-bond acceptors (Lipinski definition) is 5. The number of benzene rings is 2. The van der Waals surface area contributed by atoms with Crippen LogP contribution in [0.4, 0.5) is 23.7 Å². The average Bonchev–Trinajstić information content (AvgIpc) is 2.82. The Labute approximate surface area is 199 Å². The van der Waals surface area contributed by atoms with Crippen molar-refractivity contribution in [1.82, 2.24) is 4.90 Å². The summed E-state index contributed by atoms with van der Waals surface area (Å²) in [6.45, 7) is 0.185. The van der Waals surface area contributed by atoms with Crippen LogP contribution in [0, 0.1) is 5.92 Å². The minimum absolute atomic E-state index is 0.185. The summed E-state index contributed by atoms with van der Waals surface area (Å²) in [5.74, 6) is -2.23. The lowest BCUT2D eigenvalue weighted by Gasteiger charge is -2.36. The number of carbonyl (C=O) groups excluding carboxylic acids is 2. The largest absolute Gasteiger partial charge is 0.573 e. The fourth-order valence-corrected chi connectivity index (χ4v) is 4.00. The fourth-order valence-electron chi connectivity index (χ4n) is 4.00. The fraction of sp³-hybridized carbons (Fsp3) is 0.375. The highest BCUT2D eigenvalue weighted by Crippen LogP contribution is 2.30. The molecule has 3 rings (SSSR count). The Morgan fingerprint density at radius 3 is 2.11 bits per heavy atom. The third kappa shape index (κ3) is 7.36. The standard InChI is InChI=1S/C24H25F3N2O6/c1-34-22(32)17-4-2-15(3-5-17)14-29(19-10-6-16(7-11-19)21(30)31)23(33)28-18-8-12-20(13-9-18)35-24(25,26)27/h2-5,8-9,12-13,16,19H,6-7,10-11,14H2,1H3,(H,28,33)(H,30,31). The number of carbonyl (C=O) groups is 3. The minimum Gasteiger partial charge on any atom is -0.481 e. The lowest BCUT2D eigenvalue weighted by molar-refractivity contribution is -0.274. The number of nitrogens with zero attached hydrogens (tertiary/aromatic N) is 1. The summed E-state index contributed by atoms with van der Waals surface area (Å²) < 4.78 is 45.7. The van der Waals surface area contributed by atoms with E-state index in [1.165, 1.54) is 19.2 Å². The highest BCUT2D eigenvalue weighted by molar-refractivity contribution is 5.90. The van der Waals surface area contributed by atoms with Crippen LogP contribution >= 0.6 is 0 Å². The number of aliphatic carboxylic acids is 1. The third-order valence-corrected chi connectivity index (χ3v) is 5.81. The second-order valence-corrected chi connectivity index (χ2v) is 8.16. The molecule has 1 aliphatic rings. The Bertz CT molecular complexity index is 1030. The van der Waals surface area contributed by atoms with Crippen LogP contribution < -0.4 is 10.1 Å². The van der Waals surface area contributed by atoms with Gasteiger partial charge in [0.05, 0.1) is 18.6 Å². The van der Waals surface area contributed by atoms with Crippen molar-refractivity contribution in [2.75, 3.05) is 12.4 Å². The molecule has 35 heavy (non-hydrogen) atoms. The van der Waals surface area contributed by atoms with E-state index in [0.29, 0.717) is 31.2 Å². The summed E-state index contributed by atoms with van der Waals surface area (Å²) in [5.41, 5.74) is 1.37. The van der Waals surface area contributed by atoms with Crippen molar-refractivity contribution in [1.29, 1.82) is 0 Å². The van der Waals surface area contributed by atoms with Crippen molar-refractivity contribution in [3.63, 3.8) is 0 Å². The van der Waals surface area contributed by atoms with Gasteiger partial charge in [-0.15, -0.1) is 13.2 Å². The van der Waals surface area contributed by atoms with Gasteiger partial charge in [0.15, 0.2) is 0 Å². The SMILES string of the molecule is COC(=O)c1ccc(CN(C(=O)Nc2ccc(OC(F)(F)F)cc2)C2CCC(C(=O)O)CC2)cc1. The van der Waals surface area contributed by atoms with Crippen LogP contribution in [0.1, 0.15) is 41.6 Å². The number of halogens is 3. The first-order valence-corrected chi connectivity index (χ1v) is 10.9. The highest BCUT2D eigenvalue weighted by Gasteiger charge is 2.32. The Morgan fingerprint density at radius 2 is 1.60 bits per heavy atom. The Balaban J connectivity index is 1.75. The first kappa shape index (κ1) is 25.9. The number of alkyl halides is 3. The van der Waals surface area contributed by atoms with Crippen molar-refractivity contribution in [3.05, 3.63) is 59.7 Å². The van der Waals surface area contributed by atoms with Gasteiger partial charge in [0, 0.05) is 18.3 Å². The van der Waals surface area contributed by atoms with Gasteiger partial charge in [-0.1, -0.05) is 12.1 Å². The predicted octanol–water partition coefficient (Wildman–Crippen LogP) is 5.05. The molecule has 11 heteroatoms. The van der Waals surface area contributed by atoms with Crippen LogP contribution in [0.3, 0.4) is 0 Å². The zero-order chi connectivity index (χ0) is 25.6. The molecule has 1 aliphatic carbocycles. The van der Waals surface area contributed by atoms with Crippen LogP contribution in [-0.4, -0.2) is 47.5 Å². The summed E-state index contributed by atoms with van der Waals surface area (Å²) >= 11 is 0. The summed E-state index contributed by atoms with van der Waals surface area (Å²) in [5, 5.41) is 12.0. The van der Waals surface area contributed by atoms with E-state index in [1.807, 2.05) is 0 Å². The molecule has 0 spiro atoms. The molecule has 0 radical (unpaired) electrons. The van der Waals surface area contributed by atoms with Gasteiger partial charge in [0.25, 0.3) is 0 Å². The van der Waals surface area contributed by atoms with Gasteiger partial charge in [-0.05, 0) is 67.6 Å². The zero-order valence-electron chi connectivity index (χ0n) is 18.9. The molecule has 0 bridgehead atoms. The lowest BCUT2D eigenvalue weighted by atomic mass is 9.85. The number of methoxy groups -OCH3 is 1. The number of ether oxygens (including phenoxy) is 2. The number of carboxylic acids is 1. The van der Waals surface area contributed by atoms with Crippen LogP contribution in [-0.2, 0) is 16.1 Å². The monoisotopic (exact) mass is 494 g/mol. The number of urea groups is 1. The number of rotatable bonds is 7. The van der Waals surface area contributed by atoms with Gasteiger partial charge in [0.1, 0.15) is 5.75 Å². The molecule has 2 aromatic carbocycles. The molecule has 2 aromatic rings. The number of amides is 2.